The van der Waals surface area contributed by atoms with Crippen LogP contribution in [0.25, 0.3) is 0 Å². The summed E-state index contributed by atoms with van der Waals surface area (Å²) in [5, 5.41) is 10.1. The van der Waals surface area contributed by atoms with E-state index in [0.717, 1.165) is 19.3 Å². The highest BCUT2D eigenvalue weighted by Crippen LogP contribution is 2.63. The summed E-state index contributed by atoms with van der Waals surface area (Å²) >= 11 is 0. The monoisotopic (exact) mass is 348 g/mol. The Hall–Kier alpha value is -0.830. The molecule has 0 aromatic rings. The zero-order valence-corrected chi connectivity index (χ0v) is 16.7. The van der Waals surface area contributed by atoms with E-state index in [4.69, 9.17) is 4.74 Å². The molecular formula is C22H36O3. The summed E-state index contributed by atoms with van der Waals surface area (Å²) in [7, 11) is 0. The highest BCUT2D eigenvalue weighted by atomic mass is 16.5. The summed E-state index contributed by atoms with van der Waals surface area (Å²) in [4.78, 5) is 11.8. The summed E-state index contributed by atoms with van der Waals surface area (Å²) in [6.45, 7) is 11.0. The molecule has 3 rings (SSSR count). The van der Waals surface area contributed by atoms with Gasteiger partial charge < -0.3 is 9.84 Å². The van der Waals surface area contributed by atoms with Gasteiger partial charge in [0.25, 0.3) is 0 Å². The lowest BCUT2D eigenvalue weighted by Crippen LogP contribution is -2.54. The Balaban J connectivity index is 1.98. The van der Waals surface area contributed by atoms with Crippen LogP contribution in [0.1, 0.15) is 73.1 Å². The molecule has 0 spiro atoms. The van der Waals surface area contributed by atoms with E-state index in [1.54, 1.807) is 6.92 Å². The highest BCUT2D eigenvalue weighted by Gasteiger charge is 2.56. The van der Waals surface area contributed by atoms with E-state index in [9.17, 15) is 9.90 Å². The summed E-state index contributed by atoms with van der Waals surface area (Å²) in [6, 6.07) is 0. The van der Waals surface area contributed by atoms with Gasteiger partial charge in [-0.2, -0.15) is 0 Å². The van der Waals surface area contributed by atoms with Gasteiger partial charge in [-0.25, -0.2) is 0 Å². The molecule has 0 aliphatic heterocycles. The lowest BCUT2D eigenvalue weighted by molar-refractivity contribution is -0.152. The molecule has 1 N–H and O–H groups in total. The Morgan fingerprint density at radius 3 is 2.64 bits per heavy atom. The van der Waals surface area contributed by atoms with Crippen LogP contribution in [-0.4, -0.2) is 23.8 Å². The smallest absolute Gasteiger partial charge is 0.303 e. The van der Waals surface area contributed by atoms with Gasteiger partial charge in [0.1, 0.15) is 6.10 Å². The molecule has 0 heterocycles. The predicted molar refractivity (Wildman–Crippen MR) is 99.9 cm³/mol. The minimum absolute atomic E-state index is 0.0286. The average molecular weight is 349 g/mol. The van der Waals surface area contributed by atoms with Crippen molar-refractivity contribution in [3.63, 3.8) is 0 Å². The maximum absolute atomic E-state index is 11.8. The first kappa shape index (κ1) is 18.9. The van der Waals surface area contributed by atoms with Crippen molar-refractivity contribution in [2.24, 2.45) is 34.5 Å². The number of rotatable bonds is 3. The van der Waals surface area contributed by atoms with E-state index < -0.39 is 0 Å². The third-order valence-corrected chi connectivity index (χ3v) is 7.90. The van der Waals surface area contributed by atoms with Crippen molar-refractivity contribution in [2.45, 2.75) is 79.2 Å². The van der Waals surface area contributed by atoms with Gasteiger partial charge in [0, 0.05) is 19.4 Å². The van der Waals surface area contributed by atoms with Gasteiger partial charge in [-0.15, -0.1) is 0 Å². The maximum Gasteiger partial charge on any atom is 0.303 e. The molecule has 0 bridgehead atoms. The zero-order chi connectivity index (χ0) is 18.4. The Labute approximate surface area is 153 Å². The van der Waals surface area contributed by atoms with E-state index in [1.165, 1.54) is 24.8 Å². The van der Waals surface area contributed by atoms with Gasteiger partial charge in [0.05, 0.1) is 0 Å². The Kier molecular flexibility index (Phi) is 5.09. The predicted octanol–water partition coefficient (Wildman–Crippen LogP) is 4.74. The van der Waals surface area contributed by atoms with Crippen molar-refractivity contribution in [2.75, 3.05) is 6.61 Å². The molecular weight excluding hydrogens is 312 g/mol. The van der Waals surface area contributed by atoms with Crippen molar-refractivity contribution in [1.29, 1.82) is 0 Å². The molecule has 3 heteroatoms. The van der Waals surface area contributed by atoms with E-state index in [0.29, 0.717) is 23.7 Å². The molecule has 142 valence electrons. The minimum Gasteiger partial charge on any atom is -0.458 e. The van der Waals surface area contributed by atoms with Crippen molar-refractivity contribution >= 4 is 5.97 Å². The van der Waals surface area contributed by atoms with Crippen LogP contribution < -0.4 is 0 Å². The van der Waals surface area contributed by atoms with Crippen molar-refractivity contribution in [1.82, 2.24) is 0 Å². The molecule has 0 saturated heterocycles. The second-order valence-electron chi connectivity index (χ2n) is 9.73. The van der Waals surface area contributed by atoms with Gasteiger partial charge in [-0.1, -0.05) is 40.2 Å². The van der Waals surface area contributed by atoms with Crippen LogP contribution >= 0.6 is 0 Å². The van der Waals surface area contributed by atoms with Crippen molar-refractivity contribution in [3.05, 3.63) is 11.6 Å². The normalized spacial score (nSPS) is 43.9. The zero-order valence-electron chi connectivity index (χ0n) is 16.7. The third-order valence-electron chi connectivity index (χ3n) is 7.90. The molecule has 2 fully saturated rings. The molecule has 2 saturated carbocycles. The Bertz CT molecular complexity index is 551. The molecule has 0 radical (unpaired) electrons. The van der Waals surface area contributed by atoms with Crippen LogP contribution in [0.15, 0.2) is 11.6 Å². The summed E-state index contributed by atoms with van der Waals surface area (Å²) in [5.41, 5.74) is 1.64. The van der Waals surface area contributed by atoms with Crippen LogP contribution in [0.3, 0.4) is 0 Å². The minimum atomic E-state index is -0.159. The fourth-order valence-electron chi connectivity index (χ4n) is 6.54. The molecule has 3 aliphatic rings. The first-order valence-electron chi connectivity index (χ1n) is 10.2. The molecule has 3 nitrogen and oxygen atoms in total. The molecule has 3 aliphatic carbocycles. The maximum atomic E-state index is 11.8. The van der Waals surface area contributed by atoms with Gasteiger partial charge in [0.15, 0.2) is 0 Å². The van der Waals surface area contributed by atoms with Crippen LogP contribution in [0.2, 0.25) is 0 Å². The summed E-state index contributed by atoms with van der Waals surface area (Å²) in [5.74, 6) is 1.82. The fourth-order valence-corrected chi connectivity index (χ4v) is 6.54. The number of esters is 1. The van der Waals surface area contributed by atoms with E-state index in [1.807, 2.05) is 0 Å². The number of aliphatic hydroxyl groups excluding tert-OH is 1. The first-order chi connectivity index (χ1) is 11.7. The standard InChI is InChI=1S/C22H36O3/c1-14(2)16-7-9-18-17(20(16)25-15(3)24)8-10-19-21(4,13-23)11-6-12-22(18,19)5/h8,14,16,18-20,23H,6-7,9-13H2,1-5H3/t16-,18-,19-,20-,21-,22+/m0/s1. The molecule has 25 heavy (non-hydrogen) atoms. The first-order valence-corrected chi connectivity index (χ1v) is 10.2. The van der Waals surface area contributed by atoms with Crippen LogP contribution in [0.5, 0.6) is 0 Å². The van der Waals surface area contributed by atoms with Crippen LogP contribution in [-0.2, 0) is 9.53 Å². The topological polar surface area (TPSA) is 46.5 Å². The van der Waals surface area contributed by atoms with E-state index >= 15 is 0 Å². The Morgan fingerprint density at radius 2 is 2.04 bits per heavy atom. The number of carbonyl (C=O) groups excluding carboxylic acids is 1. The van der Waals surface area contributed by atoms with Crippen LogP contribution in [0, 0.1) is 34.5 Å². The lowest BCUT2D eigenvalue weighted by Gasteiger charge is -2.60. The van der Waals surface area contributed by atoms with E-state index in [-0.39, 0.29) is 29.5 Å². The second-order valence-corrected chi connectivity index (χ2v) is 9.73. The number of hydrogen-bond donors (Lipinski definition) is 1. The number of carbonyl (C=O) groups is 1. The molecule has 6 atom stereocenters. The Morgan fingerprint density at radius 1 is 1.32 bits per heavy atom. The van der Waals surface area contributed by atoms with E-state index in [2.05, 4.69) is 33.8 Å². The van der Waals surface area contributed by atoms with Crippen molar-refractivity contribution in [3.8, 4) is 0 Å². The second kappa shape index (κ2) is 6.72. The molecule has 0 aromatic carbocycles. The third kappa shape index (κ3) is 3.07. The van der Waals surface area contributed by atoms with Gasteiger partial charge in [-0.05, 0) is 66.3 Å². The van der Waals surface area contributed by atoms with Gasteiger partial charge in [-0.3, -0.25) is 4.79 Å². The van der Waals surface area contributed by atoms with Crippen LogP contribution in [0.4, 0.5) is 0 Å². The number of allylic oxidation sites excluding steroid dienone is 1. The summed E-state index contributed by atoms with van der Waals surface area (Å²) in [6.07, 6.45) is 9.24. The van der Waals surface area contributed by atoms with Crippen molar-refractivity contribution < 1.29 is 14.6 Å². The fraction of sp³-hybridized carbons (Fsp3) is 0.864. The highest BCUT2D eigenvalue weighted by molar-refractivity contribution is 5.66. The molecule has 0 amide bonds. The lowest BCUT2D eigenvalue weighted by atomic mass is 9.46. The van der Waals surface area contributed by atoms with Gasteiger partial charge in [0.2, 0.25) is 0 Å². The molecule has 0 unspecified atom stereocenters. The number of ether oxygens (including phenoxy) is 1. The quantitative estimate of drug-likeness (QED) is 0.592. The average Bonchev–Trinajstić information content (AvgIpc) is 2.54. The number of fused-ring (bicyclic) bond motifs is 3. The number of aliphatic hydroxyl groups is 1. The SMILES string of the molecule is CC(=O)O[C@@H]1C2=CC[C@H]3[C@](C)(CO)CCC[C@]3(C)[C@H]2CC[C@H]1C(C)C. The summed E-state index contributed by atoms with van der Waals surface area (Å²) < 4.78 is 5.88. The van der Waals surface area contributed by atoms with Gasteiger partial charge >= 0.3 is 5.97 Å². The largest absolute Gasteiger partial charge is 0.458 e. The number of hydrogen-bond acceptors (Lipinski definition) is 3. The molecule has 0 aromatic heterocycles.